The van der Waals surface area contributed by atoms with Crippen LogP contribution in [0.1, 0.15) is 6.92 Å². The van der Waals surface area contributed by atoms with Gasteiger partial charge >= 0.3 is 0 Å². The summed E-state index contributed by atoms with van der Waals surface area (Å²) in [6, 6.07) is 0.566. The molecule has 13 heavy (non-hydrogen) atoms. The van der Waals surface area contributed by atoms with E-state index in [4.69, 9.17) is 0 Å². The maximum atomic E-state index is 4.40. The predicted molar refractivity (Wildman–Crippen MR) is 59.5 cm³/mol. The fraction of sp³-hybridized carbons (Fsp3) is 0.625. The van der Waals surface area contributed by atoms with Crippen molar-refractivity contribution >= 4 is 32.4 Å². The molecule has 1 aliphatic rings. The van der Waals surface area contributed by atoms with E-state index >= 15 is 0 Å². The van der Waals surface area contributed by atoms with Gasteiger partial charge in [-0.25, -0.2) is 4.98 Å². The minimum atomic E-state index is 0.566. The van der Waals surface area contributed by atoms with Crippen molar-refractivity contribution in [2.45, 2.75) is 13.0 Å². The second-order valence-electron chi connectivity index (χ2n) is 3.25. The van der Waals surface area contributed by atoms with Crippen LogP contribution in [0.5, 0.6) is 0 Å². The Morgan fingerprint density at radius 2 is 2.62 bits per heavy atom. The number of piperazine rings is 1. The Labute approximate surface area is 90.3 Å². The second-order valence-corrected chi connectivity index (χ2v) is 4.90. The zero-order chi connectivity index (χ0) is 9.26. The van der Waals surface area contributed by atoms with E-state index in [1.165, 1.54) is 0 Å². The van der Waals surface area contributed by atoms with Crippen LogP contribution in [0, 0.1) is 0 Å². The van der Waals surface area contributed by atoms with Crippen LogP contribution in [-0.4, -0.2) is 30.7 Å². The molecule has 0 unspecified atom stereocenters. The average Bonchev–Trinajstić information content (AvgIpc) is 2.52. The molecule has 0 radical (unpaired) electrons. The molecule has 2 heterocycles. The lowest BCUT2D eigenvalue weighted by Crippen LogP contribution is -2.49. The van der Waals surface area contributed by atoms with Crippen molar-refractivity contribution in [1.82, 2.24) is 10.3 Å². The van der Waals surface area contributed by atoms with E-state index in [0.29, 0.717) is 6.04 Å². The maximum Gasteiger partial charge on any atom is 0.186 e. The molecule has 1 N–H and O–H groups in total. The molecule has 1 fully saturated rings. The highest BCUT2D eigenvalue weighted by atomic mass is 79.9. The van der Waals surface area contributed by atoms with Crippen LogP contribution in [-0.2, 0) is 0 Å². The van der Waals surface area contributed by atoms with Gasteiger partial charge in [0.05, 0.1) is 0 Å². The van der Waals surface area contributed by atoms with Gasteiger partial charge < -0.3 is 10.2 Å². The molecule has 0 aromatic carbocycles. The van der Waals surface area contributed by atoms with Crippen molar-refractivity contribution in [3.8, 4) is 0 Å². The third kappa shape index (κ3) is 2.21. The fourth-order valence-electron chi connectivity index (χ4n) is 1.50. The number of rotatable bonds is 1. The first-order valence-electron chi connectivity index (χ1n) is 4.35. The molecular weight excluding hydrogens is 250 g/mol. The number of hydrogen-bond acceptors (Lipinski definition) is 4. The van der Waals surface area contributed by atoms with E-state index in [9.17, 15) is 0 Å². The lowest BCUT2D eigenvalue weighted by molar-refractivity contribution is 0.484. The molecule has 0 aliphatic carbocycles. The first kappa shape index (κ1) is 9.43. The lowest BCUT2D eigenvalue weighted by Gasteiger charge is -2.31. The minimum absolute atomic E-state index is 0.566. The average molecular weight is 262 g/mol. The maximum absolute atomic E-state index is 4.40. The van der Waals surface area contributed by atoms with Crippen molar-refractivity contribution in [2.75, 3.05) is 24.5 Å². The molecule has 3 nitrogen and oxygen atoms in total. The number of nitrogens with zero attached hydrogens (tertiary/aromatic N) is 2. The molecule has 0 amide bonds. The van der Waals surface area contributed by atoms with Crippen LogP contribution >= 0.6 is 27.3 Å². The highest BCUT2D eigenvalue weighted by molar-refractivity contribution is 9.10. The molecule has 1 aliphatic heterocycles. The van der Waals surface area contributed by atoms with Gasteiger partial charge in [-0.1, -0.05) is 0 Å². The smallest absolute Gasteiger partial charge is 0.186 e. The zero-order valence-electron chi connectivity index (χ0n) is 7.46. The number of halogens is 1. The third-order valence-electron chi connectivity index (χ3n) is 2.10. The molecule has 72 valence electrons. The van der Waals surface area contributed by atoms with Gasteiger partial charge in [0.1, 0.15) is 4.60 Å². The van der Waals surface area contributed by atoms with Gasteiger partial charge in [0, 0.05) is 31.1 Å². The Balaban J connectivity index is 2.08. The Kier molecular flexibility index (Phi) is 2.86. The molecule has 1 atom stereocenters. The van der Waals surface area contributed by atoms with Crippen LogP contribution < -0.4 is 10.2 Å². The second kappa shape index (κ2) is 3.94. The Bertz CT molecular complexity index is 289. The molecule has 5 heteroatoms. The highest BCUT2D eigenvalue weighted by Gasteiger charge is 2.17. The van der Waals surface area contributed by atoms with Crippen molar-refractivity contribution in [2.24, 2.45) is 0 Å². The van der Waals surface area contributed by atoms with E-state index in [1.807, 2.05) is 5.38 Å². The third-order valence-corrected chi connectivity index (χ3v) is 3.71. The predicted octanol–water partition coefficient (Wildman–Crippen LogP) is 1.70. The Hall–Kier alpha value is -0.130. The molecule has 1 aromatic rings. The van der Waals surface area contributed by atoms with Gasteiger partial charge in [0.15, 0.2) is 5.13 Å². The summed E-state index contributed by atoms with van der Waals surface area (Å²) < 4.78 is 0.943. The SMILES string of the molecule is C[C@@H]1CN(c2nc(Br)cs2)CCN1. The molecular formula is C8H12BrN3S. The molecule has 2 rings (SSSR count). The van der Waals surface area contributed by atoms with E-state index in [1.54, 1.807) is 11.3 Å². The van der Waals surface area contributed by atoms with Crippen molar-refractivity contribution in [3.63, 3.8) is 0 Å². The minimum Gasteiger partial charge on any atom is -0.345 e. The van der Waals surface area contributed by atoms with Gasteiger partial charge in [-0.2, -0.15) is 0 Å². The van der Waals surface area contributed by atoms with Crippen LogP contribution in [0.25, 0.3) is 0 Å². The molecule has 0 bridgehead atoms. The summed E-state index contributed by atoms with van der Waals surface area (Å²) in [6.07, 6.45) is 0. The first-order chi connectivity index (χ1) is 6.25. The topological polar surface area (TPSA) is 28.2 Å². The normalized spacial score (nSPS) is 23.5. The summed E-state index contributed by atoms with van der Waals surface area (Å²) in [5.74, 6) is 0. The Morgan fingerprint density at radius 3 is 3.23 bits per heavy atom. The summed E-state index contributed by atoms with van der Waals surface area (Å²) in [7, 11) is 0. The molecule has 0 spiro atoms. The van der Waals surface area contributed by atoms with E-state index in [2.05, 4.69) is 38.1 Å². The fourth-order valence-corrected chi connectivity index (χ4v) is 2.78. The van der Waals surface area contributed by atoms with Crippen molar-refractivity contribution < 1.29 is 0 Å². The largest absolute Gasteiger partial charge is 0.345 e. The standard InChI is InChI=1S/C8H12BrN3S/c1-6-4-12(3-2-10-6)8-11-7(9)5-13-8/h5-6,10H,2-4H2,1H3/t6-/m1/s1. The summed E-state index contributed by atoms with van der Waals surface area (Å²) >= 11 is 5.07. The summed E-state index contributed by atoms with van der Waals surface area (Å²) in [6.45, 7) is 5.37. The van der Waals surface area contributed by atoms with Crippen molar-refractivity contribution in [3.05, 3.63) is 9.98 Å². The van der Waals surface area contributed by atoms with Gasteiger partial charge in [0.2, 0.25) is 0 Å². The van der Waals surface area contributed by atoms with Gasteiger partial charge in [-0.15, -0.1) is 11.3 Å². The lowest BCUT2D eigenvalue weighted by atomic mass is 10.2. The number of thiazole rings is 1. The van der Waals surface area contributed by atoms with E-state index in [0.717, 1.165) is 29.4 Å². The number of anilines is 1. The van der Waals surface area contributed by atoms with E-state index < -0.39 is 0 Å². The molecule has 1 saturated heterocycles. The van der Waals surface area contributed by atoms with Crippen LogP contribution in [0.2, 0.25) is 0 Å². The molecule has 0 saturated carbocycles. The van der Waals surface area contributed by atoms with Crippen LogP contribution in [0.3, 0.4) is 0 Å². The zero-order valence-corrected chi connectivity index (χ0v) is 9.86. The van der Waals surface area contributed by atoms with E-state index in [-0.39, 0.29) is 0 Å². The number of nitrogens with one attached hydrogen (secondary N) is 1. The summed E-state index contributed by atoms with van der Waals surface area (Å²) in [5.41, 5.74) is 0. The number of aromatic nitrogens is 1. The van der Waals surface area contributed by atoms with Crippen LogP contribution in [0.15, 0.2) is 9.98 Å². The summed E-state index contributed by atoms with van der Waals surface area (Å²) in [4.78, 5) is 6.73. The Morgan fingerprint density at radius 1 is 1.77 bits per heavy atom. The van der Waals surface area contributed by atoms with Gasteiger partial charge in [0.25, 0.3) is 0 Å². The molecule has 1 aromatic heterocycles. The quantitative estimate of drug-likeness (QED) is 0.835. The van der Waals surface area contributed by atoms with Crippen molar-refractivity contribution in [1.29, 1.82) is 0 Å². The highest BCUT2D eigenvalue weighted by Crippen LogP contribution is 2.24. The van der Waals surface area contributed by atoms with Gasteiger partial charge in [-0.3, -0.25) is 0 Å². The first-order valence-corrected chi connectivity index (χ1v) is 6.02. The van der Waals surface area contributed by atoms with Crippen LogP contribution in [0.4, 0.5) is 5.13 Å². The van der Waals surface area contributed by atoms with Gasteiger partial charge in [-0.05, 0) is 22.9 Å². The monoisotopic (exact) mass is 261 g/mol. The summed E-state index contributed by atoms with van der Waals surface area (Å²) in [5, 5.41) is 6.57. The number of hydrogen-bond donors (Lipinski definition) is 1.